The van der Waals surface area contributed by atoms with Crippen molar-refractivity contribution >= 4 is 16.9 Å². The summed E-state index contributed by atoms with van der Waals surface area (Å²) in [4.78, 5) is 11.7. The van der Waals surface area contributed by atoms with Crippen LogP contribution in [0.3, 0.4) is 0 Å². The summed E-state index contributed by atoms with van der Waals surface area (Å²) in [6, 6.07) is 11.1. The van der Waals surface area contributed by atoms with Gasteiger partial charge in [-0.05, 0) is 49.4 Å². The molecule has 0 bridgehead atoms. The molecule has 0 atom stereocenters. The van der Waals surface area contributed by atoms with Gasteiger partial charge < -0.3 is 19.3 Å². The lowest BCUT2D eigenvalue weighted by atomic mass is 10.1. The van der Waals surface area contributed by atoms with E-state index in [1.807, 2.05) is 31.3 Å². The van der Waals surface area contributed by atoms with E-state index in [2.05, 4.69) is 5.10 Å². The Bertz CT molecular complexity index is 1010. The van der Waals surface area contributed by atoms with E-state index in [0.717, 1.165) is 56.4 Å². The number of benzene rings is 2. The molecule has 1 aromatic heterocycles. The molecule has 1 fully saturated rings. The highest BCUT2D eigenvalue weighted by Crippen LogP contribution is 2.30. The Morgan fingerprint density at radius 2 is 2.00 bits per heavy atom. The minimum atomic E-state index is -1.03. The Labute approximate surface area is 175 Å². The average Bonchev–Trinajstić information content (AvgIpc) is 3.12. The Morgan fingerprint density at radius 3 is 2.73 bits per heavy atom. The number of carbonyl (C=O) groups is 1. The predicted octanol–water partition coefficient (Wildman–Crippen LogP) is 4.19. The summed E-state index contributed by atoms with van der Waals surface area (Å²) in [6.07, 6.45) is 5.81. The highest BCUT2D eigenvalue weighted by atomic mass is 16.5. The molecule has 158 valence electrons. The number of hydrogen-bond acceptors (Lipinski definition) is 5. The fraction of sp³-hybridized carbons (Fsp3) is 0.391. The first-order valence-corrected chi connectivity index (χ1v) is 10.3. The highest BCUT2D eigenvalue weighted by molar-refractivity contribution is 5.96. The van der Waals surface area contributed by atoms with Gasteiger partial charge in [-0.2, -0.15) is 5.10 Å². The van der Waals surface area contributed by atoms with Crippen LogP contribution < -0.4 is 4.74 Å². The second kappa shape index (κ2) is 9.28. The zero-order valence-electron chi connectivity index (χ0n) is 17.0. The molecular formula is C23H26N2O5. The number of fused-ring (bicyclic) bond motifs is 1. The van der Waals surface area contributed by atoms with Gasteiger partial charge in [0.25, 0.3) is 0 Å². The Hall–Kier alpha value is -2.90. The van der Waals surface area contributed by atoms with E-state index in [0.29, 0.717) is 17.6 Å². The maximum atomic E-state index is 11.7. The van der Waals surface area contributed by atoms with Crippen molar-refractivity contribution in [1.82, 2.24) is 9.78 Å². The van der Waals surface area contributed by atoms with Crippen LogP contribution in [0.5, 0.6) is 11.5 Å². The minimum absolute atomic E-state index is 0.116. The van der Waals surface area contributed by atoms with Gasteiger partial charge in [0.05, 0.1) is 17.8 Å². The summed E-state index contributed by atoms with van der Waals surface area (Å²) < 4.78 is 18.9. The molecule has 2 heterocycles. The molecule has 0 unspecified atom stereocenters. The number of aromatic nitrogens is 2. The monoisotopic (exact) mass is 410 g/mol. The van der Waals surface area contributed by atoms with Gasteiger partial charge in [-0.25, -0.2) is 4.79 Å². The molecule has 7 heteroatoms. The number of ether oxygens (including phenoxy) is 3. The van der Waals surface area contributed by atoms with Crippen LogP contribution in [0.25, 0.3) is 10.9 Å². The van der Waals surface area contributed by atoms with Crippen LogP contribution in [0.4, 0.5) is 0 Å². The summed E-state index contributed by atoms with van der Waals surface area (Å²) in [6.45, 7) is 2.34. The molecule has 7 nitrogen and oxygen atoms in total. The van der Waals surface area contributed by atoms with Crippen LogP contribution in [0.1, 0.15) is 35.2 Å². The lowest BCUT2D eigenvalue weighted by molar-refractivity contribution is -0.0322. The van der Waals surface area contributed by atoms with Crippen molar-refractivity contribution in [3.63, 3.8) is 0 Å². The Kier molecular flexibility index (Phi) is 6.30. The number of aromatic carboxylic acids is 1. The fourth-order valence-corrected chi connectivity index (χ4v) is 3.65. The lowest BCUT2D eigenvalue weighted by Gasteiger charge is -2.22. The average molecular weight is 410 g/mol. The topological polar surface area (TPSA) is 82.8 Å². The third-order valence-electron chi connectivity index (χ3n) is 5.36. The first kappa shape index (κ1) is 20.4. The van der Waals surface area contributed by atoms with Crippen LogP contribution in [0.15, 0.2) is 42.6 Å². The molecule has 0 aliphatic carbocycles. The van der Waals surface area contributed by atoms with Gasteiger partial charge in [-0.1, -0.05) is 12.1 Å². The zero-order chi connectivity index (χ0) is 20.9. The van der Waals surface area contributed by atoms with Gasteiger partial charge in [0.2, 0.25) is 0 Å². The van der Waals surface area contributed by atoms with E-state index in [-0.39, 0.29) is 5.56 Å². The van der Waals surface area contributed by atoms with E-state index in [4.69, 9.17) is 14.2 Å². The van der Waals surface area contributed by atoms with E-state index in [1.165, 1.54) is 5.56 Å². The molecule has 30 heavy (non-hydrogen) atoms. The lowest BCUT2D eigenvalue weighted by Crippen LogP contribution is -2.23. The maximum Gasteiger partial charge on any atom is 0.339 e. The molecule has 4 rings (SSSR count). The molecule has 1 aliphatic heterocycles. The molecule has 1 saturated heterocycles. The molecule has 3 aromatic rings. The third-order valence-corrected chi connectivity index (χ3v) is 5.36. The molecule has 0 spiro atoms. The fourth-order valence-electron chi connectivity index (χ4n) is 3.65. The Balaban J connectivity index is 1.36. The van der Waals surface area contributed by atoms with E-state index in [9.17, 15) is 9.90 Å². The molecule has 1 aliphatic rings. The van der Waals surface area contributed by atoms with Gasteiger partial charge in [0.1, 0.15) is 17.1 Å². The van der Waals surface area contributed by atoms with Crippen molar-refractivity contribution in [1.29, 1.82) is 0 Å². The first-order chi connectivity index (χ1) is 14.6. The molecular weight excluding hydrogens is 384 g/mol. The molecule has 0 amide bonds. The van der Waals surface area contributed by atoms with E-state index in [1.54, 1.807) is 23.0 Å². The number of nitrogens with zero attached hydrogens (tertiary/aromatic N) is 2. The second-order valence-electron chi connectivity index (χ2n) is 7.51. The third kappa shape index (κ3) is 4.80. The number of aryl methyl sites for hydroxylation is 2. The van der Waals surface area contributed by atoms with Crippen LogP contribution in [0.2, 0.25) is 0 Å². The zero-order valence-corrected chi connectivity index (χ0v) is 17.0. The van der Waals surface area contributed by atoms with Gasteiger partial charge >= 0.3 is 5.97 Å². The minimum Gasteiger partial charge on any atom is -0.478 e. The van der Waals surface area contributed by atoms with Crippen molar-refractivity contribution in [3.05, 3.63) is 53.7 Å². The summed E-state index contributed by atoms with van der Waals surface area (Å²) in [5.41, 5.74) is 2.12. The SMILES string of the molecule is Cn1ncc2cc(C(=O)O)c(Oc3ccc(CCCOC4CCOCC4)cc3)cc21. The number of hydrogen-bond donors (Lipinski definition) is 1. The van der Waals surface area contributed by atoms with Crippen molar-refractivity contribution in [2.24, 2.45) is 7.05 Å². The van der Waals surface area contributed by atoms with Crippen LogP contribution in [-0.4, -0.2) is 46.8 Å². The van der Waals surface area contributed by atoms with Crippen molar-refractivity contribution in [2.45, 2.75) is 31.8 Å². The molecule has 0 radical (unpaired) electrons. The van der Waals surface area contributed by atoms with Crippen molar-refractivity contribution in [2.75, 3.05) is 19.8 Å². The summed E-state index contributed by atoms with van der Waals surface area (Å²) in [5, 5.41) is 14.5. The highest BCUT2D eigenvalue weighted by Gasteiger charge is 2.16. The predicted molar refractivity (Wildman–Crippen MR) is 112 cm³/mol. The second-order valence-corrected chi connectivity index (χ2v) is 7.51. The first-order valence-electron chi connectivity index (χ1n) is 10.3. The van der Waals surface area contributed by atoms with Crippen LogP contribution in [0, 0.1) is 0 Å². The van der Waals surface area contributed by atoms with Gasteiger partial charge in [-0.3, -0.25) is 4.68 Å². The van der Waals surface area contributed by atoms with Crippen LogP contribution >= 0.6 is 0 Å². The standard InChI is InChI=1S/C23H26N2O5/c1-25-21-14-22(20(23(26)27)13-17(21)15-24-25)30-19-6-4-16(5-7-19)3-2-10-29-18-8-11-28-12-9-18/h4-7,13-15,18H,2-3,8-12H2,1H3,(H,26,27). The van der Waals surface area contributed by atoms with Crippen LogP contribution in [-0.2, 0) is 22.9 Å². The molecule has 0 saturated carbocycles. The summed E-state index contributed by atoms with van der Waals surface area (Å²) >= 11 is 0. The number of carboxylic acids is 1. The number of rotatable bonds is 8. The van der Waals surface area contributed by atoms with Crippen molar-refractivity contribution in [3.8, 4) is 11.5 Å². The van der Waals surface area contributed by atoms with Gasteiger partial charge in [-0.15, -0.1) is 0 Å². The van der Waals surface area contributed by atoms with Crippen molar-refractivity contribution < 1.29 is 24.1 Å². The van der Waals surface area contributed by atoms with E-state index < -0.39 is 5.97 Å². The largest absolute Gasteiger partial charge is 0.478 e. The molecule has 2 aromatic carbocycles. The van der Waals surface area contributed by atoms with Gasteiger partial charge in [0, 0.05) is 38.3 Å². The normalized spacial score (nSPS) is 14.8. The maximum absolute atomic E-state index is 11.7. The molecule has 1 N–H and O–H groups in total. The number of carboxylic acid groups (broad SMARTS) is 1. The summed E-state index contributed by atoms with van der Waals surface area (Å²) in [7, 11) is 1.81. The quantitative estimate of drug-likeness (QED) is 0.561. The smallest absolute Gasteiger partial charge is 0.339 e. The summed E-state index contributed by atoms with van der Waals surface area (Å²) in [5.74, 6) is -0.130. The Morgan fingerprint density at radius 1 is 1.23 bits per heavy atom. The van der Waals surface area contributed by atoms with E-state index >= 15 is 0 Å². The van der Waals surface area contributed by atoms with Gasteiger partial charge in [0.15, 0.2) is 0 Å².